The van der Waals surface area contributed by atoms with Crippen LogP contribution in [0.4, 0.5) is 0 Å². The Labute approximate surface area is 119 Å². The SMILES string of the molecule is COCC1(CO)C(=O)C2CCN1[C@@H](c1ccccc1)C2. The number of hydrogen-bond acceptors (Lipinski definition) is 4. The van der Waals surface area contributed by atoms with Crippen LogP contribution in [0.15, 0.2) is 30.3 Å². The molecule has 3 aliphatic rings. The van der Waals surface area contributed by atoms with E-state index < -0.39 is 5.54 Å². The predicted molar refractivity (Wildman–Crippen MR) is 75.3 cm³/mol. The zero-order chi connectivity index (χ0) is 14.2. The molecule has 108 valence electrons. The van der Waals surface area contributed by atoms with E-state index in [1.807, 2.05) is 18.2 Å². The highest BCUT2D eigenvalue weighted by Gasteiger charge is 2.56. The van der Waals surface area contributed by atoms with Crippen molar-refractivity contribution in [2.45, 2.75) is 24.4 Å². The molecule has 4 rings (SSSR count). The molecule has 0 aliphatic carbocycles. The third kappa shape index (κ3) is 1.91. The van der Waals surface area contributed by atoms with Crippen molar-refractivity contribution in [1.29, 1.82) is 0 Å². The van der Waals surface area contributed by atoms with Crippen molar-refractivity contribution < 1.29 is 14.6 Å². The van der Waals surface area contributed by atoms with E-state index in [1.165, 1.54) is 5.56 Å². The van der Waals surface area contributed by atoms with Gasteiger partial charge in [-0.2, -0.15) is 0 Å². The van der Waals surface area contributed by atoms with Gasteiger partial charge in [-0.1, -0.05) is 30.3 Å². The van der Waals surface area contributed by atoms with Crippen molar-refractivity contribution >= 4 is 5.78 Å². The van der Waals surface area contributed by atoms with Crippen LogP contribution in [0.2, 0.25) is 0 Å². The van der Waals surface area contributed by atoms with Crippen molar-refractivity contribution in [3.05, 3.63) is 35.9 Å². The van der Waals surface area contributed by atoms with Gasteiger partial charge in [0.25, 0.3) is 0 Å². The van der Waals surface area contributed by atoms with Gasteiger partial charge < -0.3 is 9.84 Å². The molecule has 1 aromatic carbocycles. The number of carbonyl (C=O) groups is 1. The number of carbonyl (C=O) groups excluding carboxylic acids is 1. The highest BCUT2D eigenvalue weighted by molar-refractivity contribution is 5.92. The monoisotopic (exact) mass is 275 g/mol. The molecule has 1 aromatic rings. The van der Waals surface area contributed by atoms with E-state index in [1.54, 1.807) is 7.11 Å². The number of piperidine rings is 3. The standard InChI is InChI=1S/C16H21NO3/c1-20-11-16(10-18)15(19)13-7-8-17(16)14(9-13)12-5-3-2-4-6-12/h2-6,13-14,18H,7-11H2,1H3/t13?,14-,16?/m1/s1. The molecule has 1 N–H and O–H groups in total. The number of aliphatic hydroxyl groups excluding tert-OH is 1. The Balaban J connectivity index is 1.99. The van der Waals surface area contributed by atoms with Crippen LogP contribution in [-0.2, 0) is 9.53 Å². The Morgan fingerprint density at radius 2 is 2.15 bits per heavy atom. The van der Waals surface area contributed by atoms with Crippen molar-refractivity contribution in [1.82, 2.24) is 4.90 Å². The molecule has 3 aliphatic heterocycles. The largest absolute Gasteiger partial charge is 0.394 e. The molecule has 3 unspecified atom stereocenters. The van der Waals surface area contributed by atoms with Gasteiger partial charge in [0.1, 0.15) is 5.54 Å². The molecule has 4 nitrogen and oxygen atoms in total. The van der Waals surface area contributed by atoms with Crippen molar-refractivity contribution in [3.8, 4) is 0 Å². The average Bonchev–Trinajstić information content (AvgIpc) is 2.52. The number of ether oxygens (including phenoxy) is 1. The number of hydrogen-bond donors (Lipinski definition) is 1. The number of Topliss-reactive ketones (excluding diaryl/α,β-unsaturated/α-hetero) is 1. The van der Waals surface area contributed by atoms with Crippen LogP contribution in [-0.4, -0.2) is 48.2 Å². The smallest absolute Gasteiger partial charge is 0.161 e. The number of benzene rings is 1. The minimum atomic E-state index is -0.851. The molecule has 3 heterocycles. The van der Waals surface area contributed by atoms with E-state index in [2.05, 4.69) is 17.0 Å². The number of nitrogens with zero attached hydrogens (tertiary/aromatic N) is 1. The molecule has 20 heavy (non-hydrogen) atoms. The summed E-state index contributed by atoms with van der Waals surface area (Å²) in [7, 11) is 1.59. The maximum atomic E-state index is 12.6. The van der Waals surface area contributed by atoms with Crippen LogP contribution >= 0.6 is 0 Å². The molecular weight excluding hydrogens is 254 g/mol. The Bertz CT molecular complexity index is 490. The lowest BCUT2D eigenvalue weighted by molar-refractivity contribution is -0.166. The topological polar surface area (TPSA) is 49.8 Å². The van der Waals surface area contributed by atoms with Gasteiger partial charge in [0.15, 0.2) is 5.78 Å². The van der Waals surface area contributed by atoms with E-state index in [4.69, 9.17) is 4.74 Å². The summed E-state index contributed by atoms with van der Waals surface area (Å²) in [5.41, 5.74) is 0.370. The fourth-order valence-corrected chi connectivity index (χ4v) is 3.84. The molecule has 3 fully saturated rings. The highest BCUT2D eigenvalue weighted by atomic mass is 16.5. The van der Waals surface area contributed by atoms with Crippen LogP contribution in [0, 0.1) is 5.92 Å². The maximum absolute atomic E-state index is 12.6. The molecule has 4 heteroatoms. The van der Waals surface area contributed by atoms with Crippen molar-refractivity contribution in [3.63, 3.8) is 0 Å². The average molecular weight is 275 g/mol. The van der Waals surface area contributed by atoms with E-state index in [-0.39, 0.29) is 31.0 Å². The summed E-state index contributed by atoms with van der Waals surface area (Å²) in [5, 5.41) is 9.89. The summed E-state index contributed by atoms with van der Waals surface area (Å²) in [6.45, 7) is 0.946. The first kappa shape index (κ1) is 13.7. The van der Waals surface area contributed by atoms with Gasteiger partial charge in [-0.3, -0.25) is 9.69 Å². The number of fused-ring (bicyclic) bond motifs is 3. The number of ketones is 1. The van der Waals surface area contributed by atoms with Crippen LogP contribution < -0.4 is 0 Å². The third-order valence-corrected chi connectivity index (χ3v) is 4.81. The zero-order valence-corrected chi connectivity index (χ0v) is 11.8. The summed E-state index contributed by atoms with van der Waals surface area (Å²) in [5.74, 6) is 0.202. The lowest BCUT2D eigenvalue weighted by atomic mass is 9.69. The minimum absolute atomic E-state index is 0.0486. The van der Waals surface area contributed by atoms with E-state index in [9.17, 15) is 9.90 Å². The van der Waals surface area contributed by atoms with Crippen LogP contribution in [0.5, 0.6) is 0 Å². The van der Waals surface area contributed by atoms with Gasteiger partial charge in [-0.25, -0.2) is 0 Å². The molecule has 0 spiro atoms. The lowest BCUT2D eigenvalue weighted by Gasteiger charge is -2.55. The first-order chi connectivity index (χ1) is 9.73. The Morgan fingerprint density at radius 1 is 1.40 bits per heavy atom. The van der Waals surface area contributed by atoms with Gasteiger partial charge in [0, 0.05) is 25.6 Å². The Hall–Kier alpha value is -1.23. The highest BCUT2D eigenvalue weighted by Crippen LogP contribution is 2.46. The molecular formula is C16H21NO3. The number of methoxy groups -OCH3 is 1. The second-order valence-electron chi connectivity index (χ2n) is 5.83. The summed E-state index contributed by atoms with van der Waals surface area (Å²) in [6, 6.07) is 10.5. The third-order valence-electron chi connectivity index (χ3n) is 4.81. The van der Waals surface area contributed by atoms with E-state index >= 15 is 0 Å². The molecule has 4 atom stereocenters. The van der Waals surface area contributed by atoms with Gasteiger partial charge in [0.2, 0.25) is 0 Å². The van der Waals surface area contributed by atoms with Crippen molar-refractivity contribution in [2.24, 2.45) is 5.92 Å². The van der Waals surface area contributed by atoms with E-state index in [0.29, 0.717) is 0 Å². The lowest BCUT2D eigenvalue weighted by Crippen LogP contribution is -2.69. The van der Waals surface area contributed by atoms with Gasteiger partial charge in [-0.05, 0) is 18.4 Å². The molecule has 0 aromatic heterocycles. The maximum Gasteiger partial charge on any atom is 0.161 e. The first-order valence-electron chi connectivity index (χ1n) is 7.19. The molecule has 0 amide bonds. The Kier molecular flexibility index (Phi) is 3.63. The number of rotatable bonds is 4. The fraction of sp³-hybridized carbons (Fsp3) is 0.562. The molecule has 3 saturated heterocycles. The van der Waals surface area contributed by atoms with Gasteiger partial charge in [0.05, 0.1) is 13.2 Å². The minimum Gasteiger partial charge on any atom is -0.394 e. The number of aliphatic hydroxyl groups is 1. The summed E-state index contributed by atoms with van der Waals surface area (Å²) >= 11 is 0. The molecule has 2 bridgehead atoms. The van der Waals surface area contributed by atoms with Crippen LogP contribution in [0.3, 0.4) is 0 Å². The molecule has 0 radical (unpaired) electrons. The van der Waals surface area contributed by atoms with Crippen molar-refractivity contribution in [2.75, 3.05) is 26.9 Å². The second kappa shape index (κ2) is 5.28. The first-order valence-corrected chi connectivity index (χ1v) is 7.19. The van der Waals surface area contributed by atoms with Crippen LogP contribution in [0.1, 0.15) is 24.4 Å². The normalized spacial score (nSPS) is 36.3. The van der Waals surface area contributed by atoms with Crippen LogP contribution in [0.25, 0.3) is 0 Å². The van der Waals surface area contributed by atoms with Gasteiger partial charge >= 0.3 is 0 Å². The van der Waals surface area contributed by atoms with E-state index in [0.717, 1.165) is 19.4 Å². The summed E-state index contributed by atoms with van der Waals surface area (Å²) < 4.78 is 5.26. The predicted octanol–water partition coefficient (Wildman–Crippen LogP) is 1.40. The fourth-order valence-electron chi connectivity index (χ4n) is 3.84. The van der Waals surface area contributed by atoms with Gasteiger partial charge in [-0.15, -0.1) is 0 Å². The summed E-state index contributed by atoms with van der Waals surface area (Å²) in [4.78, 5) is 14.8. The Morgan fingerprint density at radius 3 is 2.80 bits per heavy atom. The second-order valence-corrected chi connectivity index (χ2v) is 5.83. The quantitative estimate of drug-likeness (QED) is 0.902. The molecule has 0 saturated carbocycles. The summed E-state index contributed by atoms with van der Waals surface area (Å²) in [6.07, 6.45) is 1.75. The zero-order valence-electron chi connectivity index (χ0n) is 11.8.